The predicted octanol–water partition coefficient (Wildman–Crippen LogP) is -0.0104. The van der Waals surface area contributed by atoms with Gasteiger partial charge in [0, 0.05) is 11.8 Å². The summed E-state index contributed by atoms with van der Waals surface area (Å²) in [6.07, 6.45) is 0. The van der Waals surface area contributed by atoms with Crippen LogP contribution in [0.3, 0.4) is 0 Å². The SMILES string of the molecule is COc1nc(NN)nc(Oc2cc(C)[nH]n2)n1. The number of aromatic nitrogens is 5. The van der Waals surface area contributed by atoms with Gasteiger partial charge in [-0.1, -0.05) is 0 Å². The summed E-state index contributed by atoms with van der Waals surface area (Å²) in [6.45, 7) is 1.85. The normalized spacial score (nSPS) is 10.1. The number of methoxy groups -OCH3 is 1. The quantitative estimate of drug-likeness (QED) is 0.501. The number of nitrogens with two attached hydrogens (primary N) is 1. The highest BCUT2D eigenvalue weighted by molar-refractivity contribution is 5.27. The van der Waals surface area contributed by atoms with Crippen molar-refractivity contribution in [2.45, 2.75) is 6.92 Å². The lowest BCUT2D eigenvalue weighted by atomic mass is 10.5. The number of ether oxygens (including phenoxy) is 2. The smallest absolute Gasteiger partial charge is 0.331 e. The Hall–Kier alpha value is -2.42. The number of nitrogen functional groups attached to an aromatic ring is 1. The third-order valence-electron chi connectivity index (χ3n) is 1.78. The number of hydrogen-bond acceptors (Lipinski definition) is 8. The van der Waals surface area contributed by atoms with Crippen LogP contribution in [0.1, 0.15) is 5.69 Å². The third kappa shape index (κ3) is 2.58. The molecule has 0 amide bonds. The van der Waals surface area contributed by atoms with Gasteiger partial charge in [0.05, 0.1) is 7.11 Å². The van der Waals surface area contributed by atoms with E-state index in [-0.39, 0.29) is 18.0 Å². The number of nitrogens with one attached hydrogen (secondary N) is 2. The van der Waals surface area contributed by atoms with Crippen LogP contribution in [0, 0.1) is 6.92 Å². The summed E-state index contributed by atoms with van der Waals surface area (Å²) in [7, 11) is 1.43. The highest BCUT2D eigenvalue weighted by atomic mass is 16.5. The number of anilines is 1. The molecule has 4 N–H and O–H groups in total. The molecule has 17 heavy (non-hydrogen) atoms. The summed E-state index contributed by atoms with van der Waals surface area (Å²) in [5, 5.41) is 6.61. The molecule has 0 radical (unpaired) electrons. The first-order valence-corrected chi connectivity index (χ1v) is 4.68. The van der Waals surface area contributed by atoms with E-state index in [1.165, 1.54) is 7.11 Å². The van der Waals surface area contributed by atoms with Crippen LogP contribution in [0.5, 0.6) is 17.9 Å². The molecule has 9 heteroatoms. The average molecular weight is 237 g/mol. The Balaban J connectivity index is 2.25. The largest absolute Gasteiger partial charge is 0.467 e. The second-order valence-corrected chi connectivity index (χ2v) is 3.06. The molecule has 2 aromatic heterocycles. The monoisotopic (exact) mass is 237 g/mol. The van der Waals surface area contributed by atoms with Crippen molar-refractivity contribution in [3.05, 3.63) is 11.8 Å². The Morgan fingerprint density at radius 2 is 2.06 bits per heavy atom. The Kier molecular flexibility index (Phi) is 3.01. The van der Waals surface area contributed by atoms with E-state index in [4.69, 9.17) is 15.3 Å². The van der Waals surface area contributed by atoms with Gasteiger partial charge in [-0.3, -0.25) is 10.5 Å². The first kappa shape index (κ1) is 11.1. The van der Waals surface area contributed by atoms with Crippen molar-refractivity contribution < 1.29 is 9.47 Å². The molecule has 0 fully saturated rings. The van der Waals surface area contributed by atoms with Crippen molar-refractivity contribution in [2.75, 3.05) is 12.5 Å². The van der Waals surface area contributed by atoms with Gasteiger partial charge in [-0.15, -0.1) is 10.1 Å². The second kappa shape index (κ2) is 4.61. The molecule has 0 saturated carbocycles. The summed E-state index contributed by atoms with van der Waals surface area (Å²) < 4.78 is 10.2. The van der Waals surface area contributed by atoms with Crippen LogP contribution < -0.4 is 20.7 Å². The molecule has 0 aromatic carbocycles. The number of aryl methyl sites for hydroxylation is 1. The topological polar surface area (TPSA) is 124 Å². The van der Waals surface area contributed by atoms with Gasteiger partial charge >= 0.3 is 12.0 Å². The fraction of sp³-hybridized carbons (Fsp3) is 0.250. The van der Waals surface area contributed by atoms with Crippen LogP contribution in [0.4, 0.5) is 5.95 Å². The fourth-order valence-corrected chi connectivity index (χ4v) is 1.08. The maximum Gasteiger partial charge on any atom is 0.331 e. The van der Waals surface area contributed by atoms with Gasteiger partial charge in [0.15, 0.2) is 0 Å². The van der Waals surface area contributed by atoms with Gasteiger partial charge in [0.1, 0.15) is 0 Å². The van der Waals surface area contributed by atoms with Crippen LogP contribution in [0.2, 0.25) is 0 Å². The van der Waals surface area contributed by atoms with Crippen molar-refractivity contribution in [1.82, 2.24) is 25.1 Å². The number of aromatic amines is 1. The zero-order valence-corrected chi connectivity index (χ0v) is 9.26. The van der Waals surface area contributed by atoms with Crippen molar-refractivity contribution in [3.63, 3.8) is 0 Å². The Morgan fingerprint density at radius 3 is 2.65 bits per heavy atom. The van der Waals surface area contributed by atoms with E-state index in [9.17, 15) is 0 Å². The van der Waals surface area contributed by atoms with E-state index in [1.807, 2.05) is 6.92 Å². The van der Waals surface area contributed by atoms with Crippen molar-refractivity contribution in [2.24, 2.45) is 5.84 Å². The van der Waals surface area contributed by atoms with Gasteiger partial charge in [-0.2, -0.15) is 9.97 Å². The van der Waals surface area contributed by atoms with E-state index in [1.54, 1.807) is 6.07 Å². The highest BCUT2D eigenvalue weighted by Gasteiger charge is 2.09. The second-order valence-electron chi connectivity index (χ2n) is 3.06. The zero-order chi connectivity index (χ0) is 12.3. The lowest BCUT2D eigenvalue weighted by Crippen LogP contribution is -2.12. The zero-order valence-electron chi connectivity index (χ0n) is 9.26. The van der Waals surface area contributed by atoms with Gasteiger partial charge < -0.3 is 9.47 Å². The van der Waals surface area contributed by atoms with E-state index in [0.29, 0.717) is 5.88 Å². The Morgan fingerprint density at radius 1 is 1.29 bits per heavy atom. The summed E-state index contributed by atoms with van der Waals surface area (Å²) in [5.74, 6) is 5.69. The minimum atomic E-state index is 0.0382. The van der Waals surface area contributed by atoms with Gasteiger partial charge in [0.25, 0.3) is 0 Å². The number of nitrogens with zero attached hydrogens (tertiary/aromatic N) is 4. The molecule has 90 valence electrons. The molecule has 0 bridgehead atoms. The lowest BCUT2D eigenvalue weighted by molar-refractivity contribution is 0.357. The predicted molar refractivity (Wildman–Crippen MR) is 57.6 cm³/mol. The number of rotatable bonds is 4. The molecule has 0 unspecified atom stereocenters. The molecule has 2 rings (SSSR count). The summed E-state index contributed by atoms with van der Waals surface area (Å²) in [5.41, 5.74) is 3.14. The highest BCUT2D eigenvalue weighted by Crippen LogP contribution is 2.18. The molecule has 0 saturated heterocycles. The number of H-pyrrole nitrogens is 1. The number of hydrazine groups is 1. The molecule has 0 atom stereocenters. The van der Waals surface area contributed by atoms with Crippen LogP contribution in [0.25, 0.3) is 0 Å². The molecule has 0 aliphatic heterocycles. The van der Waals surface area contributed by atoms with E-state index >= 15 is 0 Å². The van der Waals surface area contributed by atoms with E-state index < -0.39 is 0 Å². The molecule has 0 aliphatic rings. The maximum absolute atomic E-state index is 5.30. The van der Waals surface area contributed by atoms with Crippen molar-refractivity contribution >= 4 is 5.95 Å². The van der Waals surface area contributed by atoms with E-state index in [2.05, 4.69) is 30.6 Å². The van der Waals surface area contributed by atoms with Gasteiger partial charge in [-0.05, 0) is 6.92 Å². The van der Waals surface area contributed by atoms with Gasteiger partial charge in [-0.25, -0.2) is 5.84 Å². The standard InChI is InChI=1S/C8H11N7O2/c1-4-3-5(15-14-4)17-8-11-6(13-9)10-7(12-8)16-2/h3H,9H2,1-2H3,(H,14,15)(H,10,11,12,13). The Labute approximate surface area is 96.4 Å². The number of hydrogen-bond donors (Lipinski definition) is 3. The molecule has 0 spiro atoms. The molecule has 2 aromatic rings. The molecular weight excluding hydrogens is 226 g/mol. The summed E-state index contributed by atoms with van der Waals surface area (Å²) >= 11 is 0. The summed E-state index contributed by atoms with van der Waals surface area (Å²) in [6, 6.07) is 1.83. The minimum absolute atomic E-state index is 0.0382. The summed E-state index contributed by atoms with van der Waals surface area (Å²) in [4.78, 5) is 11.6. The van der Waals surface area contributed by atoms with Crippen LogP contribution in [-0.4, -0.2) is 32.3 Å². The molecule has 9 nitrogen and oxygen atoms in total. The van der Waals surface area contributed by atoms with Crippen LogP contribution in [0.15, 0.2) is 6.07 Å². The molecule has 2 heterocycles. The van der Waals surface area contributed by atoms with Crippen LogP contribution in [-0.2, 0) is 0 Å². The van der Waals surface area contributed by atoms with Crippen LogP contribution >= 0.6 is 0 Å². The van der Waals surface area contributed by atoms with Crippen molar-refractivity contribution in [1.29, 1.82) is 0 Å². The third-order valence-corrected chi connectivity index (χ3v) is 1.78. The van der Waals surface area contributed by atoms with E-state index in [0.717, 1.165) is 5.69 Å². The Bertz CT molecular complexity index is 490. The molecular formula is C8H11N7O2. The van der Waals surface area contributed by atoms with Crippen molar-refractivity contribution in [3.8, 4) is 17.9 Å². The minimum Gasteiger partial charge on any atom is -0.467 e. The lowest BCUT2D eigenvalue weighted by Gasteiger charge is -2.04. The maximum atomic E-state index is 5.30. The fourth-order valence-electron chi connectivity index (χ4n) is 1.08. The molecule has 0 aliphatic carbocycles. The van der Waals surface area contributed by atoms with Gasteiger partial charge in [0.2, 0.25) is 11.8 Å². The first-order valence-electron chi connectivity index (χ1n) is 4.68. The average Bonchev–Trinajstić information content (AvgIpc) is 2.74. The first-order chi connectivity index (χ1) is 8.21.